The van der Waals surface area contributed by atoms with Crippen LogP contribution in [0, 0.1) is 5.92 Å². The molecule has 2 aromatic heterocycles. The van der Waals surface area contributed by atoms with Crippen LogP contribution in [-0.2, 0) is 26.6 Å². The number of nitrogens with one attached hydrogen (secondary N) is 1. The third-order valence-electron chi connectivity index (χ3n) is 6.33. The van der Waals surface area contributed by atoms with Gasteiger partial charge in [-0.25, -0.2) is 14.7 Å². The zero-order valence-corrected chi connectivity index (χ0v) is 23.2. The molecule has 1 aliphatic heterocycles. The zero-order chi connectivity index (χ0) is 26.9. The van der Waals surface area contributed by atoms with E-state index in [0.29, 0.717) is 37.9 Å². The highest BCUT2D eigenvalue weighted by atomic mass is 32.2. The summed E-state index contributed by atoms with van der Waals surface area (Å²) in [6.45, 7) is 16.3. The first-order valence-corrected chi connectivity index (χ1v) is 13.8. The molecule has 1 saturated heterocycles. The molecule has 0 aromatic carbocycles. The van der Waals surface area contributed by atoms with Crippen LogP contribution in [0.25, 0.3) is 0 Å². The van der Waals surface area contributed by atoms with Gasteiger partial charge in [-0.05, 0) is 63.3 Å². The molecule has 198 valence electrons. The van der Waals surface area contributed by atoms with E-state index in [4.69, 9.17) is 15.5 Å². The summed E-state index contributed by atoms with van der Waals surface area (Å²) < 4.78 is 33.8. The second-order valence-corrected chi connectivity index (χ2v) is 12.8. The second-order valence-electron chi connectivity index (χ2n) is 11.1. The molecule has 36 heavy (non-hydrogen) atoms. The largest absolute Gasteiger partial charge is 0.384 e. The first-order chi connectivity index (χ1) is 16.7. The summed E-state index contributed by atoms with van der Waals surface area (Å²) in [5.74, 6) is 0.180. The number of anilines is 2. The van der Waals surface area contributed by atoms with Gasteiger partial charge < -0.3 is 15.4 Å². The Balaban J connectivity index is 2.15. The quantitative estimate of drug-likeness (QED) is 0.508. The number of amides is 1. The summed E-state index contributed by atoms with van der Waals surface area (Å²) in [6.07, 6.45) is 1.48. The zero-order valence-electron chi connectivity index (χ0n) is 22.4. The van der Waals surface area contributed by atoms with Crippen molar-refractivity contribution in [2.45, 2.75) is 77.3 Å². The Morgan fingerprint density at radius 3 is 2.53 bits per heavy atom. The molecule has 0 radical (unpaired) electrons. The Morgan fingerprint density at radius 1 is 1.28 bits per heavy atom. The molecule has 3 heterocycles. The van der Waals surface area contributed by atoms with Crippen molar-refractivity contribution in [1.29, 1.82) is 0 Å². The van der Waals surface area contributed by atoms with Crippen LogP contribution in [0.2, 0.25) is 0 Å². The van der Waals surface area contributed by atoms with Crippen molar-refractivity contribution in [1.82, 2.24) is 14.7 Å². The van der Waals surface area contributed by atoms with Crippen molar-refractivity contribution < 1.29 is 17.9 Å². The number of carbonyl (C=O) groups is 1. The van der Waals surface area contributed by atoms with Crippen LogP contribution in [0.3, 0.4) is 0 Å². The Bertz CT molecular complexity index is 1220. The van der Waals surface area contributed by atoms with Gasteiger partial charge in [0.1, 0.15) is 11.6 Å². The average molecular weight is 518 g/mol. The van der Waals surface area contributed by atoms with E-state index in [-0.39, 0.29) is 27.4 Å². The maximum Gasteiger partial charge on any atom is 0.281 e. The highest BCUT2D eigenvalue weighted by molar-refractivity contribution is 7.90. The molecule has 3 N–H and O–H groups in total. The molecular weight excluding hydrogens is 478 g/mol. The Labute approximate surface area is 214 Å². The smallest absolute Gasteiger partial charge is 0.281 e. The van der Waals surface area contributed by atoms with Crippen LogP contribution in [0.5, 0.6) is 0 Å². The molecule has 0 aliphatic carbocycles. The van der Waals surface area contributed by atoms with Crippen molar-refractivity contribution in [2.24, 2.45) is 5.92 Å². The van der Waals surface area contributed by atoms with E-state index < -0.39 is 15.9 Å². The maximum atomic E-state index is 13.6. The van der Waals surface area contributed by atoms with Crippen molar-refractivity contribution in [3.63, 3.8) is 0 Å². The van der Waals surface area contributed by atoms with E-state index in [1.807, 2.05) is 6.92 Å². The number of sulfonamides is 1. The molecule has 2 aromatic rings. The number of rotatable bonds is 8. The summed E-state index contributed by atoms with van der Waals surface area (Å²) in [4.78, 5) is 24.6. The Morgan fingerprint density at radius 2 is 1.97 bits per heavy atom. The van der Waals surface area contributed by atoms with E-state index in [1.165, 1.54) is 18.2 Å². The van der Waals surface area contributed by atoms with Crippen molar-refractivity contribution in [3.05, 3.63) is 41.1 Å². The Kier molecular flexibility index (Phi) is 8.00. The van der Waals surface area contributed by atoms with Crippen LogP contribution >= 0.6 is 0 Å². The van der Waals surface area contributed by atoms with E-state index in [0.717, 1.165) is 17.7 Å². The highest BCUT2D eigenvalue weighted by Crippen LogP contribution is 2.39. The first-order valence-electron chi connectivity index (χ1n) is 12.3. The normalized spacial score (nSPS) is 17.9. The lowest BCUT2D eigenvalue weighted by atomic mass is 9.86. The number of nitrogen functional groups attached to an aromatic ring is 1. The van der Waals surface area contributed by atoms with E-state index in [9.17, 15) is 13.2 Å². The molecule has 10 heteroatoms. The van der Waals surface area contributed by atoms with Gasteiger partial charge in [0.05, 0.1) is 17.9 Å². The third-order valence-corrected chi connectivity index (χ3v) is 7.56. The lowest BCUT2D eigenvalue weighted by molar-refractivity contribution is 0.0981. The lowest BCUT2D eigenvalue weighted by Crippen LogP contribution is -2.41. The first kappa shape index (κ1) is 27.9. The standard InChI is InChI=1S/C26H39N5O4S/c1-8-35-13-12-18-14-19(24(32)30-36(33,34)21-11-9-10-20(27)28-21)23(29-22(18)25(3,4)5)31-16-17(2)15-26(31,6)7/h9-11,14,17H,8,12-13,15-16H2,1-7H3,(H2,27,28)(H,30,32)/t17-/m0/s1. The monoisotopic (exact) mass is 517 g/mol. The number of pyridine rings is 2. The molecule has 3 rings (SSSR count). The van der Waals surface area contributed by atoms with Gasteiger partial charge in [-0.15, -0.1) is 0 Å². The number of hydrogen-bond acceptors (Lipinski definition) is 8. The molecule has 1 amide bonds. The number of hydrogen-bond donors (Lipinski definition) is 2. The highest BCUT2D eigenvalue weighted by Gasteiger charge is 2.40. The number of nitrogens with zero attached hydrogens (tertiary/aromatic N) is 3. The van der Waals surface area contributed by atoms with E-state index in [1.54, 1.807) is 6.07 Å². The fourth-order valence-corrected chi connectivity index (χ4v) is 5.80. The molecule has 9 nitrogen and oxygen atoms in total. The van der Waals surface area contributed by atoms with Gasteiger partial charge in [0.25, 0.3) is 15.9 Å². The van der Waals surface area contributed by atoms with Gasteiger partial charge >= 0.3 is 0 Å². The molecule has 1 fully saturated rings. The minimum atomic E-state index is -4.24. The van der Waals surface area contributed by atoms with E-state index >= 15 is 0 Å². The molecule has 1 atom stereocenters. The third kappa shape index (κ3) is 6.15. The fraction of sp³-hybridized carbons (Fsp3) is 0.577. The summed E-state index contributed by atoms with van der Waals surface area (Å²) in [5.41, 5.74) is 7.05. The lowest BCUT2D eigenvalue weighted by Gasteiger charge is -2.35. The minimum absolute atomic E-state index is 0.0493. The summed E-state index contributed by atoms with van der Waals surface area (Å²) in [6, 6.07) is 6.03. The van der Waals surface area contributed by atoms with Crippen LogP contribution in [0.1, 0.15) is 76.5 Å². The second kappa shape index (κ2) is 10.3. The van der Waals surface area contributed by atoms with Gasteiger partial charge in [-0.1, -0.05) is 33.8 Å². The molecular formula is C26H39N5O4S. The van der Waals surface area contributed by atoms with Gasteiger partial charge in [0.15, 0.2) is 5.03 Å². The maximum absolute atomic E-state index is 13.6. The van der Waals surface area contributed by atoms with E-state index in [2.05, 4.69) is 56.1 Å². The van der Waals surface area contributed by atoms with Crippen LogP contribution in [-0.4, -0.2) is 49.6 Å². The van der Waals surface area contributed by atoms with Crippen LogP contribution in [0.4, 0.5) is 11.6 Å². The summed E-state index contributed by atoms with van der Waals surface area (Å²) in [7, 11) is -4.24. The number of aromatic nitrogens is 2. The predicted molar refractivity (Wildman–Crippen MR) is 142 cm³/mol. The predicted octanol–water partition coefficient (Wildman–Crippen LogP) is 3.68. The molecule has 0 saturated carbocycles. The van der Waals surface area contributed by atoms with Gasteiger partial charge in [0.2, 0.25) is 0 Å². The van der Waals surface area contributed by atoms with Crippen molar-refractivity contribution in [2.75, 3.05) is 30.4 Å². The fourth-order valence-electron chi connectivity index (χ4n) is 4.85. The van der Waals surface area contributed by atoms with Crippen LogP contribution in [0.15, 0.2) is 29.3 Å². The summed E-state index contributed by atoms with van der Waals surface area (Å²) >= 11 is 0. The molecule has 1 aliphatic rings. The molecule has 0 unspecified atom stereocenters. The van der Waals surface area contributed by atoms with Crippen molar-refractivity contribution >= 4 is 27.6 Å². The van der Waals surface area contributed by atoms with Gasteiger partial charge in [-0.2, -0.15) is 8.42 Å². The summed E-state index contributed by atoms with van der Waals surface area (Å²) in [5, 5.41) is -0.316. The Hall–Kier alpha value is -2.72. The molecule has 0 spiro atoms. The van der Waals surface area contributed by atoms with Gasteiger partial charge in [0, 0.05) is 24.1 Å². The molecule has 0 bridgehead atoms. The van der Waals surface area contributed by atoms with Gasteiger partial charge in [-0.3, -0.25) is 4.79 Å². The SMILES string of the molecule is CCOCCc1cc(C(=O)NS(=O)(=O)c2cccc(N)n2)c(N2C[C@@H](C)CC2(C)C)nc1C(C)(C)C. The number of nitrogens with two attached hydrogens (primary N) is 1. The number of carbonyl (C=O) groups excluding carboxylic acids is 1. The number of ether oxygens (including phenoxy) is 1. The average Bonchev–Trinajstić information content (AvgIpc) is 3.04. The topological polar surface area (TPSA) is 128 Å². The minimum Gasteiger partial charge on any atom is -0.384 e. The van der Waals surface area contributed by atoms with Crippen LogP contribution < -0.4 is 15.4 Å². The van der Waals surface area contributed by atoms with Crippen molar-refractivity contribution in [3.8, 4) is 0 Å².